The van der Waals surface area contributed by atoms with Crippen molar-refractivity contribution in [1.82, 2.24) is 19.5 Å². The van der Waals surface area contributed by atoms with Gasteiger partial charge in [-0.15, -0.1) is 0 Å². The molecule has 1 aliphatic carbocycles. The van der Waals surface area contributed by atoms with Crippen LogP contribution in [0.25, 0.3) is 5.65 Å². The molecule has 198 valence electrons. The number of rotatable bonds is 5. The molecule has 0 spiro atoms. The second-order valence-corrected chi connectivity index (χ2v) is 12.6. The Morgan fingerprint density at radius 3 is 2.59 bits per heavy atom. The van der Waals surface area contributed by atoms with E-state index in [0.29, 0.717) is 23.0 Å². The lowest BCUT2D eigenvalue weighted by atomic mass is 9.83. The van der Waals surface area contributed by atoms with E-state index < -0.39 is 39.4 Å². The zero-order valence-electron chi connectivity index (χ0n) is 20.2. The Morgan fingerprint density at radius 2 is 1.97 bits per heavy atom. The quantitative estimate of drug-likeness (QED) is 0.448. The van der Waals surface area contributed by atoms with Gasteiger partial charge in [-0.1, -0.05) is 33.8 Å². The molecule has 5 rings (SSSR count). The molecule has 1 fully saturated rings. The highest BCUT2D eigenvalue weighted by atomic mass is 35.5. The Labute approximate surface area is 218 Å². The first-order valence-electron chi connectivity index (χ1n) is 11.8. The maximum Gasteiger partial charge on any atom is 0.413 e. The number of aromatic nitrogens is 3. The molecule has 0 bridgehead atoms. The molecule has 0 radical (unpaired) electrons. The van der Waals surface area contributed by atoms with Crippen molar-refractivity contribution in [2.45, 2.75) is 43.2 Å². The van der Waals surface area contributed by atoms with E-state index in [0.717, 1.165) is 36.2 Å². The molecule has 2 aromatic heterocycles. The summed E-state index contributed by atoms with van der Waals surface area (Å²) in [5.41, 5.74) is 3.02. The number of fused-ring (bicyclic) bond motifs is 3. The van der Waals surface area contributed by atoms with E-state index in [1.165, 1.54) is 18.4 Å². The van der Waals surface area contributed by atoms with Crippen molar-refractivity contribution in [2.75, 3.05) is 24.7 Å². The number of hydrogen-bond acceptors (Lipinski definition) is 6. The highest BCUT2D eigenvalue weighted by Crippen LogP contribution is 2.42. The zero-order valence-corrected chi connectivity index (χ0v) is 21.8. The SMILES string of the molecule is CN(C(=O)C1CC([S+](C)(=N)[O-])C1)[C@@H](c1ccc(N2CCCc3c2cnc2cc(Cl)nn32)cc1)C(F)(F)F. The normalized spacial score (nSPS) is 22.2. The van der Waals surface area contributed by atoms with Gasteiger partial charge < -0.3 is 14.4 Å². The molecule has 2 atom stereocenters. The van der Waals surface area contributed by atoms with Crippen molar-refractivity contribution in [3.8, 4) is 0 Å². The molecule has 13 heteroatoms. The largest absolute Gasteiger partial charge is 0.631 e. The van der Waals surface area contributed by atoms with Crippen LogP contribution >= 0.6 is 11.6 Å². The lowest BCUT2D eigenvalue weighted by Crippen LogP contribution is -2.49. The van der Waals surface area contributed by atoms with Gasteiger partial charge in [0.2, 0.25) is 5.91 Å². The number of aryl methyl sites for hydroxylation is 1. The average Bonchev–Trinajstić information content (AvgIpc) is 3.17. The molecular formula is C24H26ClF3N6O2S. The van der Waals surface area contributed by atoms with E-state index in [-0.39, 0.29) is 18.4 Å². The zero-order chi connectivity index (χ0) is 26.7. The first-order valence-corrected chi connectivity index (χ1v) is 14.2. The minimum Gasteiger partial charge on any atom is -0.631 e. The second-order valence-electron chi connectivity index (χ2n) is 9.76. The lowest BCUT2D eigenvalue weighted by molar-refractivity contribution is -0.191. The third-order valence-corrected chi connectivity index (χ3v) is 9.10. The molecule has 1 aliphatic heterocycles. The van der Waals surface area contributed by atoms with Crippen molar-refractivity contribution in [3.63, 3.8) is 0 Å². The van der Waals surface area contributed by atoms with Crippen LogP contribution in [0.15, 0.2) is 36.5 Å². The summed E-state index contributed by atoms with van der Waals surface area (Å²) < 4.78 is 63.7. The van der Waals surface area contributed by atoms with Gasteiger partial charge in [0.05, 0.1) is 23.8 Å². The van der Waals surface area contributed by atoms with Crippen molar-refractivity contribution in [2.24, 2.45) is 5.92 Å². The standard InChI is InChI=1S/C24H26ClF3N6O2S/c1-32(23(35)15-10-17(11-15)37(2,29)36)22(24(26,27)28)14-5-7-16(8-6-14)33-9-3-4-18-19(33)13-30-21-12-20(25)31-34(18)21/h5-8,12-13,15,17,22H,3-4,9-11H2,1-2H3,(H-,29,36)/t15?,17?,22-,37?/m0/s1. The Hall–Kier alpha value is -2.70. The number of anilines is 2. The number of hydrogen-bond donors (Lipinski definition) is 1. The van der Waals surface area contributed by atoms with Gasteiger partial charge in [-0.05, 0) is 30.5 Å². The van der Waals surface area contributed by atoms with E-state index in [1.54, 1.807) is 28.9 Å². The molecule has 1 amide bonds. The van der Waals surface area contributed by atoms with Crippen LogP contribution in [0.5, 0.6) is 0 Å². The summed E-state index contributed by atoms with van der Waals surface area (Å²) >= 11 is 6.04. The molecule has 1 N–H and O–H groups in total. The number of amides is 1. The number of carbonyl (C=O) groups is 1. The van der Waals surface area contributed by atoms with Crippen LogP contribution < -0.4 is 4.90 Å². The maximum absolute atomic E-state index is 14.2. The first-order chi connectivity index (χ1) is 17.3. The number of benzene rings is 1. The number of alkyl halides is 3. The van der Waals surface area contributed by atoms with Crippen LogP contribution in [0.2, 0.25) is 5.15 Å². The average molecular weight is 555 g/mol. The van der Waals surface area contributed by atoms with Crippen molar-refractivity contribution < 1.29 is 22.5 Å². The van der Waals surface area contributed by atoms with Gasteiger partial charge in [-0.2, -0.15) is 23.0 Å². The Bertz CT molecular complexity index is 1380. The Kier molecular flexibility index (Phi) is 6.48. The molecule has 1 unspecified atom stereocenters. The summed E-state index contributed by atoms with van der Waals surface area (Å²) in [7, 11) is -1.67. The third kappa shape index (κ3) is 4.82. The molecular weight excluding hydrogens is 529 g/mol. The van der Waals surface area contributed by atoms with Gasteiger partial charge in [-0.3, -0.25) is 4.79 Å². The molecule has 1 saturated carbocycles. The van der Waals surface area contributed by atoms with Gasteiger partial charge in [0.15, 0.2) is 16.8 Å². The molecule has 0 saturated heterocycles. The van der Waals surface area contributed by atoms with Crippen LogP contribution in [-0.4, -0.2) is 61.2 Å². The Morgan fingerprint density at radius 1 is 1.30 bits per heavy atom. The van der Waals surface area contributed by atoms with E-state index in [9.17, 15) is 22.5 Å². The fourth-order valence-corrected chi connectivity index (χ4v) is 6.59. The summed E-state index contributed by atoms with van der Waals surface area (Å²) in [6.45, 7) is 0.662. The van der Waals surface area contributed by atoms with Crippen molar-refractivity contribution >= 4 is 44.6 Å². The predicted octanol–water partition coefficient (Wildman–Crippen LogP) is 4.98. The van der Waals surface area contributed by atoms with E-state index >= 15 is 0 Å². The maximum atomic E-state index is 14.2. The van der Waals surface area contributed by atoms with Gasteiger partial charge in [0, 0.05) is 44.1 Å². The Balaban J connectivity index is 1.39. The minimum atomic E-state index is -4.69. The molecule has 3 aromatic rings. The van der Waals surface area contributed by atoms with Gasteiger partial charge in [0.25, 0.3) is 0 Å². The minimum absolute atomic E-state index is 0.0487. The van der Waals surface area contributed by atoms with Crippen molar-refractivity contribution in [1.29, 1.82) is 4.78 Å². The second kappa shape index (κ2) is 9.25. The van der Waals surface area contributed by atoms with E-state index in [1.807, 2.05) is 4.90 Å². The summed E-state index contributed by atoms with van der Waals surface area (Å²) in [6, 6.07) is 5.59. The number of nitrogens with one attached hydrogen (secondary N) is 1. The number of carbonyl (C=O) groups excluding carboxylic acids is 1. The van der Waals surface area contributed by atoms with E-state index in [2.05, 4.69) is 10.1 Å². The van der Waals surface area contributed by atoms with Gasteiger partial charge in [0.1, 0.15) is 5.25 Å². The van der Waals surface area contributed by atoms with Crippen LogP contribution in [0.1, 0.15) is 36.6 Å². The first kappa shape index (κ1) is 25.9. The predicted molar refractivity (Wildman–Crippen MR) is 135 cm³/mol. The summed E-state index contributed by atoms with van der Waals surface area (Å²) in [6.07, 6.45) is 0.252. The highest BCUT2D eigenvalue weighted by Gasteiger charge is 2.49. The van der Waals surface area contributed by atoms with Gasteiger partial charge >= 0.3 is 6.18 Å². The summed E-state index contributed by atoms with van der Waals surface area (Å²) in [4.78, 5) is 20.0. The monoisotopic (exact) mass is 554 g/mol. The summed E-state index contributed by atoms with van der Waals surface area (Å²) in [5, 5.41) is 4.18. The fourth-order valence-electron chi connectivity index (χ4n) is 5.22. The molecule has 3 heterocycles. The number of nitrogens with zero attached hydrogens (tertiary/aromatic N) is 5. The van der Waals surface area contributed by atoms with Gasteiger partial charge in [-0.25, -0.2) is 9.50 Å². The lowest BCUT2D eigenvalue weighted by Gasteiger charge is -2.41. The smallest absolute Gasteiger partial charge is 0.413 e. The van der Waals surface area contributed by atoms with Crippen LogP contribution in [0.4, 0.5) is 24.5 Å². The fraction of sp³-hybridized carbons (Fsp3) is 0.458. The third-order valence-electron chi connectivity index (χ3n) is 7.26. The summed E-state index contributed by atoms with van der Waals surface area (Å²) in [5.74, 6) is -1.31. The highest BCUT2D eigenvalue weighted by molar-refractivity contribution is 7.98. The van der Waals surface area contributed by atoms with Crippen molar-refractivity contribution in [3.05, 3.63) is 52.9 Å². The molecule has 1 aromatic carbocycles. The van der Waals surface area contributed by atoms with Crippen LogP contribution in [-0.2, 0) is 21.3 Å². The number of halogens is 4. The molecule has 2 aliphatic rings. The topological polar surface area (TPSA) is 101 Å². The van der Waals surface area contributed by atoms with E-state index in [4.69, 9.17) is 16.4 Å². The van der Waals surface area contributed by atoms with Crippen LogP contribution in [0, 0.1) is 10.7 Å². The molecule has 8 nitrogen and oxygen atoms in total. The van der Waals surface area contributed by atoms with Crippen LogP contribution in [0.3, 0.4) is 0 Å². The molecule has 37 heavy (non-hydrogen) atoms.